The van der Waals surface area contributed by atoms with E-state index in [1.807, 2.05) is 0 Å². The van der Waals surface area contributed by atoms with Gasteiger partial charge in [-0.3, -0.25) is 10.1 Å². The smallest absolute Gasteiger partial charge is 0.336 e. The van der Waals surface area contributed by atoms with E-state index in [9.17, 15) is 25.1 Å². The van der Waals surface area contributed by atoms with Gasteiger partial charge in [-0.15, -0.1) is 0 Å². The topological polar surface area (TPSA) is 133 Å². The minimum atomic E-state index is -1.53. The second-order valence-corrected chi connectivity index (χ2v) is 3.90. The van der Waals surface area contributed by atoms with Crippen LogP contribution in [0.1, 0.15) is 22.0 Å². The second-order valence-electron chi connectivity index (χ2n) is 3.90. The van der Waals surface area contributed by atoms with Crippen molar-refractivity contribution in [2.75, 3.05) is 13.6 Å². The molecule has 0 radical (unpaired) electrons. The molecule has 4 N–H and O–H groups in total. The number of non-ortho nitro benzene ring substituents is 1. The van der Waals surface area contributed by atoms with Gasteiger partial charge in [0.2, 0.25) is 0 Å². The first-order valence-electron chi connectivity index (χ1n) is 5.40. The van der Waals surface area contributed by atoms with Crippen molar-refractivity contribution in [3.63, 3.8) is 0 Å². The summed E-state index contributed by atoms with van der Waals surface area (Å²) in [6.07, 6.45) is -2.80. The lowest BCUT2D eigenvalue weighted by molar-refractivity contribution is -0.385. The molecule has 0 aliphatic carbocycles. The molecule has 0 aliphatic heterocycles. The van der Waals surface area contributed by atoms with E-state index >= 15 is 0 Å². The number of nitro groups is 1. The molecule has 1 aromatic carbocycles. The number of aliphatic hydroxyl groups excluding tert-OH is 2. The molecule has 0 heterocycles. The zero-order valence-corrected chi connectivity index (χ0v) is 10.1. The molecule has 1 aromatic rings. The van der Waals surface area contributed by atoms with Crippen LogP contribution in [0.5, 0.6) is 0 Å². The van der Waals surface area contributed by atoms with Crippen LogP contribution in [-0.4, -0.2) is 45.9 Å². The molecule has 0 saturated heterocycles. The van der Waals surface area contributed by atoms with Gasteiger partial charge in [-0.1, -0.05) is 0 Å². The van der Waals surface area contributed by atoms with E-state index < -0.39 is 23.1 Å². The predicted molar refractivity (Wildman–Crippen MR) is 64.9 cm³/mol. The van der Waals surface area contributed by atoms with Gasteiger partial charge in [0.25, 0.3) is 5.69 Å². The maximum absolute atomic E-state index is 11.0. The fourth-order valence-electron chi connectivity index (χ4n) is 1.63. The van der Waals surface area contributed by atoms with Crippen molar-refractivity contribution in [1.29, 1.82) is 0 Å². The number of hydrogen-bond donors (Lipinski definition) is 4. The highest BCUT2D eigenvalue weighted by molar-refractivity contribution is 5.90. The molecule has 2 atom stereocenters. The largest absolute Gasteiger partial charge is 0.478 e. The number of benzene rings is 1. The number of likely N-dealkylation sites (N-methyl/N-ethyl adjacent to an activating group) is 1. The van der Waals surface area contributed by atoms with Gasteiger partial charge in [0, 0.05) is 24.2 Å². The molecule has 0 aromatic heterocycles. The summed E-state index contributed by atoms with van der Waals surface area (Å²) in [4.78, 5) is 21.0. The number of hydrogen-bond acceptors (Lipinski definition) is 6. The summed E-state index contributed by atoms with van der Waals surface area (Å²) in [6, 6.07) is 3.02. The third kappa shape index (κ3) is 3.47. The van der Waals surface area contributed by atoms with Crippen molar-refractivity contribution in [1.82, 2.24) is 5.32 Å². The normalized spacial score (nSPS) is 13.8. The van der Waals surface area contributed by atoms with Crippen molar-refractivity contribution < 1.29 is 25.0 Å². The average Bonchev–Trinajstić information content (AvgIpc) is 2.37. The number of carboxylic acid groups (broad SMARTS) is 1. The molecular weight excluding hydrogens is 256 g/mol. The number of carbonyl (C=O) groups is 1. The second kappa shape index (κ2) is 6.23. The van der Waals surface area contributed by atoms with E-state index in [-0.39, 0.29) is 23.4 Å². The van der Waals surface area contributed by atoms with Gasteiger partial charge < -0.3 is 20.6 Å². The number of aliphatic hydroxyl groups is 2. The van der Waals surface area contributed by atoms with Crippen LogP contribution in [-0.2, 0) is 0 Å². The zero-order valence-electron chi connectivity index (χ0n) is 10.1. The molecular formula is C11H14N2O6. The molecule has 8 nitrogen and oxygen atoms in total. The molecule has 8 heteroatoms. The van der Waals surface area contributed by atoms with Crippen LogP contribution >= 0.6 is 0 Å². The number of nitrogens with zero attached hydrogens (tertiary/aromatic N) is 1. The van der Waals surface area contributed by atoms with Crippen LogP contribution in [0.15, 0.2) is 18.2 Å². The van der Waals surface area contributed by atoms with E-state index in [0.717, 1.165) is 18.2 Å². The third-order valence-corrected chi connectivity index (χ3v) is 2.57. The van der Waals surface area contributed by atoms with Crippen LogP contribution < -0.4 is 5.32 Å². The maximum atomic E-state index is 11.0. The highest BCUT2D eigenvalue weighted by atomic mass is 16.6. The summed E-state index contributed by atoms with van der Waals surface area (Å²) < 4.78 is 0. The summed E-state index contributed by atoms with van der Waals surface area (Å²) in [6.45, 7) is 0.0168. The molecule has 0 aliphatic rings. The van der Waals surface area contributed by atoms with Gasteiger partial charge in [0.1, 0.15) is 6.10 Å². The SMILES string of the molecule is CNCC(O)C(O)c1cc([N+](=O)[O-])ccc1C(=O)O. The first-order valence-corrected chi connectivity index (χ1v) is 5.40. The highest BCUT2D eigenvalue weighted by Gasteiger charge is 2.25. The van der Waals surface area contributed by atoms with E-state index in [0.29, 0.717) is 0 Å². The summed E-state index contributed by atoms with van der Waals surface area (Å²) in [5.74, 6) is -1.33. The Hall–Kier alpha value is -2.03. The van der Waals surface area contributed by atoms with Crippen molar-refractivity contribution in [2.45, 2.75) is 12.2 Å². The van der Waals surface area contributed by atoms with Gasteiger partial charge in [-0.25, -0.2) is 4.79 Å². The summed E-state index contributed by atoms with van der Waals surface area (Å²) in [7, 11) is 1.54. The van der Waals surface area contributed by atoms with Crippen LogP contribution in [0.3, 0.4) is 0 Å². The molecule has 0 spiro atoms. The minimum Gasteiger partial charge on any atom is -0.478 e. The van der Waals surface area contributed by atoms with Crippen molar-refractivity contribution in [3.8, 4) is 0 Å². The molecule has 19 heavy (non-hydrogen) atoms. The fraction of sp³-hybridized carbons (Fsp3) is 0.364. The van der Waals surface area contributed by atoms with E-state index in [2.05, 4.69) is 5.32 Å². The Morgan fingerprint density at radius 2 is 2.11 bits per heavy atom. The van der Waals surface area contributed by atoms with Gasteiger partial charge in [-0.2, -0.15) is 0 Å². The maximum Gasteiger partial charge on any atom is 0.336 e. The quantitative estimate of drug-likeness (QED) is 0.419. The Kier molecular flexibility index (Phi) is 4.93. The van der Waals surface area contributed by atoms with Crippen molar-refractivity contribution >= 4 is 11.7 Å². The van der Waals surface area contributed by atoms with Crippen LogP contribution in [0.4, 0.5) is 5.69 Å². The third-order valence-electron chi connectivity index (χ3n) is 2.57. The molecule has 1 rings (SSSR count). The van der Waals surface area contributed by atoms with E-state index in [4.69, 9.17) is 5.11 Å². The molecule has 0 saturated carbocycles. The van der Waals surface area contributed by atoms with Gasteiger partial charge in [0.15, 0.2) is 0 Å². The van der Waals surface area contributed by atoms with Crippen molar-refractivity contribution in [2.24, 2.45) is 0 Å². The zero-order chi connectivity index (χ0) is 14.6. The van der Waals surface area contributed by atoms with Crippen LogP contribution in [0.2, 0.25) is 0 Å². The standard InChI is InChI=1S/C11H14N2O6/c1-12-5-9(14)10(15)8-4-6(13(18)19)2-3-7(8)11(16)17/h2-4,9-10,12,14-15H,5H2,1H3,(H,16,17). The number of nitro benzene ring substituents is 1. The number of carboxylic acids is 1. The number of aromatic carboxylic acids is 1. The minimum absolute atomic E-state index is 0.0168. The predicted octanol–water partition coefficient (Wildman–Crippen LogP) is -0.0933. The lowest BCUT2D eigenvalue weighted by Crippen LogP contribution is -2.30. The molecule has 0 bridgehead atoms. The Balaban J connectivity index is 3.24. The van der Waals surface area contributed by atoms with Crippen molar-refractivity contribution in [3.05, 3.63) is 39.4 Å². The Morgan fingerprint density at radius 1 is 1.47 bits per heavy atom. The average molecular weight is 270 g/mol. The molecule has 0 fully saturated rings. The number of rotatable bonds is 6. The Bertz CT molecular complexity index is 490. The van der Waals surface area contributed by atoms with E-state index in [1.165, 1.54) is 0 Å². The van der Waals surface area contributed by atoms with Gasteiger partial charge >= 0.3 is 5.97 Å². The molecule has 104 valence electrons. The van der Waals surface area contributed by atoms with Crippen LogP contribution in [0.25, 0.3) is 0 Å². The number of nitrogens with one attached hydrogen (secondary N) is 1. The Morgan fingerprint density at radius 3 is 2.58 bits per heavy atom. The van der Waals surface area contributed by atoms with Crippen LogP contribution in [0, 0.1) is 10.1 Å². The van der Waals surface area contributed by atoms with E-state index in [1.54, 1.807) is 7.05 Å². The fourth-order valence-corrected chi connectivity index (χ4v) is 1.63. The summed E-state index contributed by atoms with van der Waals surface area (Å²) in [5.41, 5.74) is -0.826. The first-order chi connectivity index (χ1) is 8.88. The lowest BCUT2D eigenvalue weighted by atomic mass is 9.97. The monoisotopic (exact) mass is 270 g/mol. The summed E-state index contributed by atoms with van der Waals surface area (Å²) in [5, 5.41) is 41.8. The van der Waals surface area contributed by atoms with Gasteiger partial charge in [-0.05, 0) is 13.1 Å². The summed E-state index contributed by atoms with van der Waals surface area (Å²) >= 11 is 0. The highest BCUT2D eigenvalue weighted by Crippen LogP contribution is 2.26. The first kappa shape index (κ1) is 15.0. The Labute approximate surface area is 108 Å². The molecule has 0 amide bonds. The molecule has 2 unspecified atom stereocenters. The van der Waals surface area contributed by atoms with Gasteiger partial charge in [0.05, 0.1) is 16.6 Å². The lowest BCUT2D eigenvalue weighted by Gasteiger charge is -2.19.